The van der Waals surface area contributed by atoms with E-state index in [4.69, 9.17) is 4.74 Å². The third-order valence-corrected chi connectivity index (χ3v) is 6.05. The van der Waals surface area contributed by atoms with Crippen LogP contribution in [0.25, 0.3) is 5.57 Å². The van der Waals surface area contributed by atoms with Gasteiger partial charge in [-0.05, 0) is 61.6 Å². The number of carbonyl (C=O) groups excluding carboxylic acids is 1. The van der Waals surface area contributed by atoms with Gasteiger partial charge in [0.05, 0.1) is 12.8 Å². The molecule has 0 aliphatic carbocycles. The summed E-state index contributed by atoms with van der Waals surface area (Å²) in [5.74, 6) is 1.07. The van der Waals surface area contributed by atoms with E-state index in [1.165, 1.54) is 0 Å². The van der Waals surface area contributed by atoms with E-state index in [9.17, 15) is 4.79 Å². The Morgan fingerprint density at radius 2 is 1.87 bits per heavy atom. The van der Waals surface area contributed by atoms with Gasteiger partial charge >= 0.3 is 0 Å². The molecular formula is C25H31N3O2. The fourth-order valence-corrected chi connectivity index (χ4v) is 4.33. The highest BCUT2D eigenvalue weighted by atomic mass is 16.5. The third-order valence-electron chi connectivity index (χ3n) is 6.05. The van der Waals surface area contributed by atoms with Crippen LogP contribution in [0.4, 0.5) is 0 Å². The van der Waals surface area contributed by atoms with Crippen molar-refractivity contribution in [3.8, 4) is 5.75 Å². The van der Waals surface area contributed by atoms with Crippen molar-refractivity contribution >= 4 is 11.5 Å². The highest BCUT2D eigenvalue weighted by Gasteiger charge is 2.29. The Morgan fingerprint density at radius 1 is 1.13 bits per heavy atom. The van der Waals surface area contributed by atoms with Gasteiger partial charge in [-0.25, -0.2) is 0 Å². The van der Waals surface area contributed by atoms with E-state index in [1.54, 1.807) is 18.1 Å². The Kier molecular flexibility index (Phi) is 5.56. The van der Waals surface area contributed by atoms with Gasteiger partial charge in [-0.3, -0.25) is 9.69 Å². The van der Waals surface area contributed by atoms with Gasteiger partial charge in [0.15, 0.2) is 0 Å². The highest BCUT2D eigenvalue weighted by molar-refractivity contribution is 5.98. The summed E-state index contributed by atoms with van der Waals surface area (Å²) < 4.78 is 5.28. The van der Waals surface area contributed by atoms with Crippen molar-refractivity contribution in [3.63, 3.8) is 0 Å². The molecule has 1 fully saturated rings. The van der Waals surface area contributed by atoms with Gasteiger partial charge in [0.25, 0.3) is 5.91 Å². The van der Waals surface area contributed by atoms with Gasteiger partial charge in [-0.1, -0.05) is 25.1 Å². The fraction of sp³-hybridized carbons (Fsp3) is 0.400. The van der Waals surface area contributed by atoms with Crippen LogP contribution in [0.5, 0.6) is 5.75 Å². The van der Waals surface area contributed by atoms with Gasteiger partial charge in [0, 0.05) is 43.1 Å². The maximum Gasteiger partial charge on any atom is 0.255 e. The molecule has 30 heavy (non-hydrogen) atoms. The molecule has 1 aromatic rings. The molecule has 158 valence electrons. The number of carbonyl (C=O) groups is 1. The number of fused-ring (bicyclic) bond motifs is 1. The molecule has 0 bridgehead atoms. The van der Waals surface area contributed by atoms with E-state index in [0.29, 0.717) is 0 Å². The molecule has 3 aliphatic rings. The van der Waals surface area contributed by atoms with Crippen molar-refractivity contribution in [2.24, 2.45) is 5.92 Å². The SMILES string of the molecule is COc1ccc(C2=CC(=O)N3C=C(N4CCNC(C)(C)C4)C=CC3=CCC2C)cc1. The molecule has 3 aliphatic heterocycles. The predicted octanol–water partition coefficient (Wildman–Crippen LogP) is 3.93. The van der Waals surface area contributed by atoms with Crippen LogP contribution in [0.1, 0.15) is 32.8 Å². The number of benzene rings is 1. The van der Waals surface area contributed by atoms with Crippen LogP contribution in [0.2, 0.25) is 0 Å². The minimum absolute atomic E-state index is 0.00476. The number of hydrogen-bond acceptors (Lipinski definition) is 4. The molecule has 3 heterocycles. The Balaban J connectivity index is 1.63. The van der Waals surface area contributed by atoms with E-state index >= 15 is 0 Å². The van der Waals surface area contributed by atoms with Gasteiger partial charge in [-0.15, -0.1) is 0 Å². The summed E-state index contributed by atoms with van der Waals surface area (Å²) in [6.07, 6.45) is 11.1. The molecule has 4 rings (SSSR count). The second kappa shape index (κ2) is 8.15. The smallest absolute Gasteiger partial charge is 0.255 e. The van der Waals surface area contributed by atoms with Gasteiger partial charge in [-0.2, -0.15) is 0 Å². The standard InChI is InChI=1S/C25H31N3O2/c1-18-5-8-20-9-10-21(27-14-13-26-25(2,3)17-27)16-28(20)24(29)15-23(18)19-6-11-22(30-4)12-7-19/h6-12,15-16,18,26H,5,13-14,17H2,1-4H3. The van der Waals surface area contributed by atoms with Crippen LogP contribution in [-0.4, -0.2) is 48.0 Å². The summed E-state index contributed by atoms with van der Waals surface area (Å²) in [6.45, 7) is 9.38. The molecule has 0 saturated carbocycles. The zero-order valence-corrected chi connectivity index (χ0v) is 18.3. The Labute approximate surface area is 179 Å². The summed E-state index contributed by atoms with van der Waals surface area (Å²) in [5.41, 5.74) is 4.22. The van der Waals surface area contributed by atoms with Crippen LogP contribution in [0, 0.1) is 5.92 Å². The first-order valence-electron chi connectivity index (χ1n) is 10.7. The van der Waals surface area contributed by atoms with Crippen molar-refractivity contribution in [1.82, 2.24) is 15.1 Å². The van der Waals surface area contributed by atoms with Crippen LogP contribution in [-0.2, 0) is 4.79 Å². The molecule has 5 heteroatoms. The van der Waals surface area contributed by atoms with Gasteiger partial charge in [0.1, 0.15) is 5.75 Å². The van der Waals surface area contributed by atoms with Crippen LogP contribution >= 0.6 is 0 Å². The Bertz CT molecular complexity index is 938. The van der Waals surface area contributed by atoms with Gasteiger partial charge in [0.2, 0.25) is 0 Å². The first-order valence-corrected chi connectivity index (χ1v) is 10.7. The molecule has 1 aromatic carbocycles. The summed E-state index contributed by atoms with van der Waals surface area (Å²) >= 11 is 0. The number of nitrogens with one attached hydrogen (secondary N) is 1. The Hall–Kier alpha value is -2.79. The molecule has 0 radical (unpaired) electrons. The lowest BCUT2D eigenvalue weighted by molar-refractivity contribution is -0.122. The number of nitrogens with zero attached hydrogens (tertiary/aromatic N) is 2. The lowest BCUT2D eigenvalue weighted by Gasteiger charge is -2.42. The van der Waals surface area contributed by atoms with Crippen molar-refractivity contribution < 1.29 is 9.53 Å². The molecule has 0 aromatic heterocycles. The highest BCUT2D eigenvalue weighted by Crippen LogP contribution is 2.32. The second-order valence-corrected chi connectivity index (χ2v) is 8.92. The van der Waals surface area contributed by atoms with Gasteiger partial charge < -0.3 is 15.0 Å². The lowest BCUT2D eigenvalue weighted by atomic mass is 9.89. The summed E-state index contributed by atoms with van der Waals surface area (Å²) in [7, 11) is 1.66. The number of hydrogen-bond donors (Lipinski definition) is 1. The number of methoxy groups -OCH3 is 1. The number of allylic oxidation sites excluding steroid dienone is 4. The third kappa shape index (κ3) is 4.21. The van der Waals surface area contributed by atoms with E-state index in [-0.39, 0.29) is 17.4 Å². The minimum atomic E-state index is -0.00476. The van der Waals surface area contributed by atoms with Crippen molar-refractivity contribution in [2.45, 2.75) is 32.7 Å². The van der Waals surface area contributed by atoms with Crippen molar-refractivity contribution in [2.75, 3.05) is 26.7 Å². The van der Waals surface area contributed by atoms with E-state index in [1.807, 2.05) is 30.5 Å². The largest absolute Gasteiger partial charge is 0.497 e. The molecule has 1 N–H and O–H groups in total. The molecule has 0 spiro atoms. The zero-order valence-electron chi connectivity index (χ0n) is 18.3. The number of piperazine rings is 1. The first kappa shape index (κ1) is 20.5. The molecule has 1 saturated heterocycles. The topological polar surface area (TPSA) is 44.8 Å². The van der Waals surface area contributed by atoms with E-state index in [2.05, 4.69) is 49.2 Å². The number of ether oxygens (including phenoxy) is 1. The second-order valence-electron chi connectivity index (χ2n) is 8.92. The van der Waals surface area contributed by atoms with Crippen LogP contribution in [0.3, 0.4) is 0 Å². The van der Waals surface area contributed by atoms with Crippen molar-refractivity contribution in [1.29, 1.82) is 0 Å². The molecule has 1 atom stereocenters. The van der Waals surface area contributed by atoms with Crippen molar-refractivity contribution in [3.05, 3.63) is 71.7 Å². The monoisotopic (exact) mass is 405 g/mol. The molecule has 1 amide bonds. The van der Waals surface area contributed by atoms with Crippen LogP contribution in [0.15, 0.2) is 66.2 Å². The zero-order chi connectivity index (χ0) is 21.3. The normalized spacial score (nSPS) is 23.7. The van der Waals surface area contributed by atoms with E-state index in [0.717, 1.165) is 54.3 Å². The average molecular weight is 406 g/mol. The summed E-state index contributed by atoms with van der Waals surface area (Å²) in [6, 6.07) is 7.95. The summed E-state index contributed by atoms with van der Waals surface area (Å²) in [4.78, 5) is 17.4. The molecular weight excluding hydrogens is 374 g/mol. The molecule has 5 nitrogen and oxygen atoms in total. The fourth-order valence-electron chi connectivity index (χ4n) is 4.33. The maximum absolute atomic E-state index is 13.3. The quantitative estimate of drug-likeness (QED) is 0.828. The maximum atomic E-state index is 13.3. The predicted molar refractivity (Wildman–Crippen MR) is 121 cm³/mol. The minimum Gasteiger partial charge on any atom is -0.497 e. The number of amides is 1. The molecule has 1 unspecified atom stereocenters. The lowest BCUT2D eigenvalue weighted by Crippen LogP contribution is -2.56. The summed E-state index contributed by atoms with van der Waals surface area (Å²) in [5, 5.41) is 3.54. The van der Waals surface area contributed by atoms with Crippen LogP contribution < -0.4 is 10.1 Å². The Morgan fingerprint density at radius 3 is 2.57 bits per heavy atom. The average Bonchev–Trinajstić information content (AvgIpc) is 2.74. The van der Waals surface area contributed by atoms with E-state index < -0.39 is 0 Å². The first-order chi connectivity index (χ1) is 14.4. The number of rotatable bonds is 3.